The Labute approximate surface area is 222 Å². The Balaban J connectivity index is 1.61. The van der Waals surface area contributed by atoms with Gasteiger partial charge in [0.2, 0.25) is 0 Å². The largest absolute Gasteiger partial charge is 0.505 e. The van der Waals surface area contributed by atoms with Crippen molar-refractivity contribution in [1.29, 1.82) is 0 Å². The smallest absolute Gasteiger partial charge is 0.301 e. The first-order valence-corrected chi connectivity index (χ1v) is 13.0. The standard InChI is InChI=1S/C29H24N4O4S/c1-4-37-19-9-7-8-18(15-19)25-23(26(34)24-17(3)30-22-10-5-6-13-32(22)24)27(35)28(36)33(25)29-31-20-12-11-16(2)14-21(20)38-29/h5-15,25,34H,4H2,1-3H3/b26-23+. The number of rotatable bonds is 5. The number of hydrogen-bond donors (Lipinski definition) is 1. The Bertz CT molecular complexity index is 1780. The summed E-state index contributed by atoms with van der Waals surface area (Å²) in [5.41, 5.74) is 3.93. The number of aromatic nitrogens is 3. The summed E-state index contributed by atoms with van der Waals surface area (Å²) in [6.45, 7) is 6.10. The number of Topliss-reactive ketones (excluding diaryl/α,β-unsaturated/α-hetero) is 1. The first-order chi connectivity index (χ1) is 18.4. The number of carbonyl (C=O) groups is 2. The first-order valence-electron chi connectivity index (χ1n) is 12.2. The molecule has 6 rings (SSSR count). The van der Waals surface area contributed by atoms with Crippen molar-refractivity contribution >= 4 is 49.8 Å². The number of ketones is 1. The molecule has 2 aromatic carbocycles. The number of fused-ring (bicyclic) bond motifs is 2. The molecule has 1 aliphatic rings. The zero-order chi connectivity index (χ0) is 26.6. The molecule has 1 atom stereocenters. The van der Waals surface area contributed by atoms with Crippen LogP contribution in [0.4, 0.5) is 5.13 Å². The molecule has 0 saturated carbocycles. The van der Waals surface area contributed by atoms with Crippen LogP contribution in [0.15, 0.2) is 72.4 Å². The predicted molar refractivity (Wildman–Crippen MR) is 147 cm³/mol. The number of aliphatic hydroxyl groups is 1. The van der Waals surface area contributed by atoms with Crippen molar-refractivity contribution in [3.8, 4) is 5.75 Å². The van der Waals surface area contributed by atoms with E-state index in [1.165, 1.54) is 16.2 Å². The Hall–Kier alpha value is -4.50. The summed E-state index contributed by atoms with van der Waals surface area (Å²) in [6, 6.07) is 17.6. The molecule has 38 heavy (non-hydrogen) atoms. The van der Waals surface area contributed by atoms with E-state index in [0.29, 0.717) is 40.1 Å². The van der Waals surface area contributed by atoms with Gasteiger partial charge in [0.05, 0.1) is 34.1 Å². The number of aliphatic hydroxyl groups excluding tert-OH is 1. The van der Waals surface area contributed by atoms with Gasteiger partial charge in [-0.2, -0.15) is 0 Å². The number of thiazole rings is 1. The van der Waals surface area contributed by atoms with E-state index in [2.05, 4.69) is 4.98 Å². The lowest BCUT2D eigenvalue weighted by Gasteiger charge is -2.23. The second-order valence-electron chi connectivity index (χ2n) is 9.12. The quantitative estimate of drug-likeness (QED) is 0.183. The molecule has 1 amide bonds. The number of ether oxygens (including phenoxy) is 1. The van der Waals surface area contributed by atoms with Crippen molar-refractivity contribution in [3.05, 3.63) is 94.9 Å². The summed E-state index contributed by atoms with van der Waals surface area (Å²) < 4.78 is 8.33. The number of pyridine rings is 1. The number of imidazole rings is 1. The molecule has 8 nitrogen and oxygen atoms in total. The second-order valence-corrected chi connectivity index (χ2v) is 10.1. The highest BCUT2D eigenvalue weighted by atomic mass is 32.1. The van der Waals surface area contributed by atoms with Gasteiger partial charge in [-0.3, -0.25) is 18.9 Å². The van der Waals surface area contributed by atoms with E-state index in [1.54, 1.807) is 23.6 Å². The third kappa shape index (κ3) is 3.74. The summed E-state index contributed by atoms with van der Waals surface area (Å²) in [7, 11) is 0. The van der Waals surface area contributed by atoms with E-state index in [1.807, 2.05) is 68.4 Å². The summed E-state index contributed by atoms with van der Waals surface area (Å²) >= 11 is 1.33. The number of anilines is 1. The average molecular weight is 525 g/mol. The minimum Gasteiger partial charge on any atom is -0.505 e. The molecular weight excluding hydrogens is 500 g/mol. The van der Waals surface area contributed by atoms with E-state index in [9.17, 15) is 14.7 Å². The summed E-state index contributed by atoms with van der Waals surface area (Å²) in [6.07, 6.45) is 1.76. The maximum absolute atomic E-state index is 13.6. The molecule has 0 aliphatic carbocycles. The highest BCUT2D eigenvalue weighted by molar-refractivity contribution is 7.22. The van der Waals surface area contributed by atoms with Crippen molar-refractivity contribution < 1.29 is 19.4 Å². The van der Waals surface area contributed by atoms with Gasteiger partial charge in [-0.05, 0) is 68.3 Å². The molecule has 1 saturated heterocycles. The number of carbonyl (C=O) groups excluding carboxylic acids is 2. The minimum absolute atomic E-state index is 0.0205. The molecule has 4 heterocycles. The molecule has 1 unspecified atom stereocenters. The lowest BCUT2D eigenvalue weighted by atomic mass is 9.96. The third-order valence-electron chi connectivity index (χ3n) is 6.60. The highest BCUT2D eigenvalue weighted by Gasteiger charge is 2.48. The van der Waals surface area contributed by atoms with Gasteiger partial charge in [0.25, 0.3) is 5.78 Å². The van der Waals surface area contributed by atoms with Gasteiger partial charge in [-0.1, -0.05) is 35.6 Å². The van der Waals surface area contributed by atoms with E-state index in [-0.39, 0.29) is 11.3 Å². The molecule has 1 aliphatic heterocycles. The average Bonchev–Trinajstić information content (AvgIpc) is 3.54. The SMILES string of the molecule is CCOc1cccc(C2/C(=C(\O)c3c(C)nc4ccccn34)C(=O)C(=O)N2c2nc3ccc(C)cc3s2)c1. The molecule has 5 aromatic rings. The Morgan fingerprint density at radius 2 is 1.89 bits per heavy atom. The normalized spacial score (nSPS) is 17.1. The third-order valence-corrected chi connectivity index (χ3v) is 7.61. The molecule has 0 bridgehead atoms. The number of benzene rings is 2. The molecule has 1 N–H and O–H groups in total. The van der Waals surface area contributed by atoms with Gasteiger partial charge in [-0.15, -0.1) is 0 Å². The molecule has 3 aromatic heterocycles. The van der Waals surface area contributed by atoms with Crippen LogP contribution in [0.1, 0.15) is 35.5 Å². The van der Waals surface area contributed by atoms with Crippen LogP contribution in [-0.4, -0.2) is 37.8 Å². The molecule has 9 heteroatoms. The van der Waals surface area contributed by atoms with Crippen LogP contribution in [0.2, 0.25) is 0 Å². The maximum atomic E-state index is 13.6. The second kappa shape index (κ2) is 9.11. The van der Waals surface area contributed by atoms with Crippen molar-refractivity contribution in [2.24, 2.45) is 0 Å². The van der Waals surface area contributed by atoms with Crippen LogP contribution >= 0.6 is 11.3 Å². The zero-order valence-electron chi connectivity index (χ0n) is 21.0. The number of amides is 1. The van der Waals surface area contributed by atoms with Gasteiger partial charge in [-0.25, -0.2) is 9.97 Å². The number of nitrogens with zero attached hydrogens (tertiary/aromatic N) is 4. The van der Waals surface area contributed by atoms with Crippen LogP contribution in [0.3, 0.4) is 0 Å². The van der Waals surface area contributed by atoms with Crippen LogP contribution in [0.25, 0.3) is 21.6 Å². The zero-order valence-corrected chi connectivity index (χ0v) is 21.8. The van der Waals surface area contributed by atoms with E-state index >= 15 is 0 Å². The lowest BCUT2D eigenvalue weighted by molar-refractivity contribution is -0.132. The van der Waals surface area contributed by atoms with Gasteiger partial charge < -0.3 is 9.84 Å². The van der Waals surface area contributed by atoms with E-state index < -0.39 is 17.7 Å². The molecular formula is C29H24N4O4S. The molecule has 190 valence electrons. The maximum Gasteiger partial charge on any atom is 0.301 e. The van der Waals surface area contributed by atoms with Crippen molar-refractivity contribution in [1.82, 2.24) is 14.4 Å². The molecule has 1 fully saturated rings. The fourth-order valence-corrected chi connectivity index (χ4v) is 6.03. The summed E-state index contributed by atoms with van der Waals surface area (Å²) in [5, 5.41) is 12.1. The molecule has 0 spiro atoms. The fourth-order valence-electron chi connectivity index (χ4n) is 4.94. The van der Waals surface area contributed by atoms with Crippen molar-refractivity contribution in [3.63, 3.8) is 0 Å². The fraction of sp³-hybridized carbons (Fsp3) is 0.172. The molecule has 0 radical (unpaired) electrons. The van der Waals surface area contributed by atoms with Crippen LogP contribution < -0.4 is 9.64 Å². The topological polar surface area (TPSA) is 97.0 Å². The minimum atomic E-state index is -0.911. The predicted octanol–water partition coefficient (Wildman–Crippen LogP) is 5.59. The van der Waals surface area contributed by atoms with Crippen molar-refractivity contribution in [2.45, 2.75) is 26.8 Å². The van der Waals surface area contributed by atoms with Gasteiger partial charge in [0.1, 0.15) is 17.1 Å². The van der Waals surface area contributed by atoms with Crippen molar-refractivity contribution in [2.75, 3.05) is 11.5 Å². The first kappa shape index (κ1) is 23.9. The Morgan fingerprint density at radius 1 is 1.05 bits per heavy atom. The van der Waals surface area contributed by atoms with Gasteiger partial charge >= 0.3 is 5.91 Å². The monoisotopic (exact) mass is 524 g/mol. The van der Waals surface area contributed by atoms with E-state index in [4.69, 9.17) is 9.72 Å². The Morgan fingerprint density at radius 3 is 2.71 bits per heavy atom. The van der Waals surface area contributed by atoms with Crippen LogP contribution in [-0.2, 0) is 9.59 Å². The highest BCUT2D eigenvalue weighted by Crippen LogP contribution is 2.45. The summed E-state index contributed by atoms with van der Waals surface area (Å²) in [5.74, 6) is -1.22. The van der Waals surface area contributed by atoms with Crippen LogP contribution in [0.5, 0.6) is 5.75 Å². The van der Waals surface area contributed by atoms with E-state index in [0.717, 1.165) is 15.8 Å². The Kier molecular flexibility index (Phi) is 5.72. The number of aryl methyl sites for hydroxylation is 2. The van der Waals surface area contributed by atoms with Gasteiger partial charge in [0, 0.05) is 6.20 Å². The summed E-state index contributed by atoms with van der Waals surface area (Å²) in [4.78, 5) is 37.9. The number of hydrogen-bond acceptors (Lipinski definition) is 7. The lowest BCUT2D eigenvalue weighted by Crippen LogP contribution is -2.29. The van der Waals surface area contributed by atoms with Crippen LogP contribution in [0, 0.1) is 13.8 Å². The van der Waals surface area contributed by atoms with Gasteiger partial charge in [0.15, 0.2) is 10.9 Å².